The topological polar surface area (TPSA) is 58.2 Å². The van der Waals surface area contributed by atoms with Crippen LogP contribution in [0.25, 0.3) is 0 Å². The first kappa shape index (κ1) is 13.5. The fourth-order valence-corrected chi connectivity index (χ4v) is 1.36. The van der Waals surface area contributed by atoms with Crippen molar-refractivity contribution in [3.63, 3.8) is 0 Å². The Hall–Kier alpha value is -1.52. The predicted octanol–water partition coefficient (Wildman–Crippen LogP) is 2.48. The molecule has 1 aromatic rings. The number of aromatic amines is 1. The third-order valence-electron chi connectivity index (χ3n) is 2.13. The lowest BCUT2D eigenvalue weighted by Gasteiger charge is -2.25. The van der Waals surface area contributed by atoms with E-state index in [0.717, 1.165) is 11.5 Å². The molecule has 96 valence electrons. The van der Waals surface area contributed by atoms with Crippen LogP contribution >= 0.6 is 0 Å². The monoisotopic (exact) mass is 239 g/mol. The Morgan fingerprint density at radius 1 is 1.53 bits per heavy atom. The molecule has 5 heteroatoms. The van der Waals surface area contributed by atoms with Gasteiger partial charge in [0.2, 0.25) is 0 Å². The third kappa shape index (κ3) is 4.46. The van der Waals surface area contributed by atoms with Crippen molar-refractivity contribution in [1.82, 2.24) is 14.9 Å². The summed E-state index contributed by atoms with van der Waals surface area (Å²) in [5, 5.41) is 0. The zero-order valence-electron chi connectivity index (χ0n) is 11.2. The fraction of sp³-hybridized carbons (Fsp3) is 0.667. The maximum absolute atomic E-state index is 11.9. The van der Waals surface area contributed by atoms with Crippen molar-refractivity contribution < 1.29 is 9.53 Å². The number of carbonyl (C=O) groups is 1. The Morgan fingerprint density at radius 3 is 2.59 bits per heavy atom. The largest absolute Gasteiger partial charge is 0.444 e. The van der Waals surface area contributed by atoms with Gasteiger partial charge in [0.05, 0.1) is 6.54 Å². The standard InChI is InChI=1S/C12H21N3O2/c1-6-15(11(16)17-12(3,4)5)8-10-13-7-9(2)14-10/h7H,6,8H2,1-5H3,(H,13,14). The lowest BCUT2D eigenvalue weighted by atomic mass is 10.2. The molecule has 0 radical (unpaired) electrons. The van der Waals surface area contributed by atoms with Crippen LogP contribution in [0.1, 0.15) is 39.2 Å². The van der Waals surface area contributed by atoms with Crippen LogP contribution < -0.4 is 0 Å². The lowest BCUT2D eigenvalue weighted by Crippen LogP contribution is -2.36. The second-order valence-corrected chi connectivity index (χ2v) is 5.01. The summed E-state index contributed by atoms with van der Waals surface area (Å²) in [7, 11) is 0. The van der Waals surface area contributed by atoms with Crippen molar-refractivity contribution in [3.8, 4) is 0 Å². The molecule has 0 saturated carbocycles. The van der Waals surface area contributed by atoms with E-state index in [-0.39, 0.29) is 6.09 Å². The maximum atomic E-state index is 11.9. The number of rotatable bonds is 3. The summed E-state index contributed by atoms with van der Waals surface area (Å²) >= 11 is 0. The number of amides is 1. The van der Waals surface area contributed by atoms with Crippen molar-refractivity contribution >= 4 is 6.09 Å². The predicted molar refractivity (Wildman–Crippen MR) is 65.6 cm³/mol. The summed E-state index contributed by atoms with van der Waals surface area (Å²) in [5.74, 6) is 0.773. The molecule has 0 aliphatic heterocycles. The highest BCUT2D eigenvalue weighted by Crippen LogP contribution is 2.11. The van der Waals surface area contributed by atoms with E-state index in [1.54, 1.807) is 11.1 Å². The Balaban J connectivity index is 2.62. The van der Waals surface area contributed by atoms with Crippen molar-refractivity contribution in [2.45, 2.75) is 46.8 Å². The second-order valence-electron chi connectivity index (χ2n) is 5.01. The molecular weight excluding hydrogens is 218 g/mol. The van der Waals surface area contributed by atoms with Crippen LogP contribution in [-0.4, -0.2) is 33.1 Å². The first-order chi connectivity index (χ1) is 7.81. The number of aromatic nitrogens is 2. The van der Waals surface area contributed by atoms with Crippen LogP contribution in [0, 0.1) is 6.92 Å². The van der Waals surface area contributed by atoms with Gasteiger partial charge in [-0.15, -0.1) is 0 Å². The number of nitrogens with zero attached hydrogens (tertiary/aromatic N) is 2. The molecule has 1 aromatic heterocycles. The number of H-pyrrole nitrogens is 1. The number of aryl methyl sites for hydroxylation is 1. The Bertz CT molecular complexity index is 379. The Morgan fingerprint density at radius 2 is 2.18 bits per heavy atom. The molecule has 5 nitrogen and oxygen atoms in total. The number of hydrogen-bond donors (Lipinski definition) is 1. The second kappa shape index (κ2) is 5.21. The van der Waals surface area contributed by atoms with E-state index in [2.05, 4.69) is 9.97 Å². The minimum atomic E-state index is -0.469. The zero-order valence-corrected chi connectivity index (χ0v) is 11.2. The highest BCUT2D eigenvalue weighted by Gasteiger charge is 2.21. The summed E-state index contributed by atoms with van der Waals surface area (Å²) in [6, 6.07) is 0. The summed E-state index contributed by atoms with van der Waals surface area (Å²) in [6.45, 7) is 10.5. The molecule has 0 aliphatic carbocycles. The first-order valence-corrected chi connectivity index (χ1v) is 5.80. The van der Waals surface area contributed by atoms with Crippen LogP contribution in [0.15, 0.2) is 6.20 Å². The number of carbonyl (C=O) groups excluding carboxylic acids is 1. The summed E-state index contributed by atoms with van der Waals surface area (Å²) in [6.07, 6.45) is 1.44. The highest BCUT2D eigenvalue weighted by atomic mass is 16.6. The van der Waals surface area contributed by atoms with Gasteiger partial charge in [-0.3, -0.25) is 0 Å². The smallest absolute Gasteiger partial charge is 0.410 e. The molecule has 0 fully saturated rings. The number of imidazole rings is 1. The minimum absolute atomic E-state index is 0.311. The molecule has 0 aromatic carbocycles. The molecule has 0 unspecified atom stereocenters. The molecule has 17 heavy (non-hydrogen) atoms. The molecule has 0 saturated heterocycles. The third-order valence-corrected chi connectivity index (χ3v) is 2.13. The van der Waals surface area contributed by atoms with E-state index in [9.17, 15) is 4.79 Å². The molecule has 0 aliphatic rings. The molecule has 1 amide bonds. The van der Waals surface area contributed by atoms with Gasteiger partial charge < -0.3 is 14.6 Å². The molecular formula is C12H21N3O2. The summed E-state index contributed by atoms with van der Waals surface area (Å²) in [4.78, 5) is 20.8. The Kier molecular flexibility index (Phi) is 4.15. The maximum Gasteiger partial charge on any atom is 0.410 e. The van der Waals surface area contributed by atoms with Gasteiger partial charge >= 0.3 is 6.09 Å². The zero-order chi connectivity index (χ0) is 13.1. The van der Waals surface area contributed by atoms with Crippen LogP contribution in [0.4, 0.5) is 4.79 Å². The van der Waals surface area contributed by atoms with Crippen molar-refractivity contribution in [3.05, 3.63) is 17.7 Å². The average Bonchev–Trinajstić information content (AvgIpc) is 2.57. The number of nitrogens with one attached hydrogen (secondary N) is 1. The quantitative estimate of drug-likeness (QED) is 0.881. The van der Waals surface area contributed by atoms with Crippen LogP contribution in [0.5, 0.6) is 0 Å². The van der Waals surface area contributed by atoms with Gasteiger partial charge in [-0.25, -0.2) is 9.78 Å². The van der Waals surface area contributed by atoms with Crippen molar-refractivity contribution in [2.75, 3.05) is 6.54 Å². The van der Waals surface area contributed by atoms with Gasteiger partial charge in [0.15, 0.2) is 0 Å². The normalized spacial score (nSPS) is 11.4. The number of hydrogen-bond acceptors (Lipinski definition) is 3. The lowest BCUT2D eigenvalue weighted by molar-refractivity contribution is 0.0240. The molecule has 1 N–H and O–H groups in total. The van der Waals surface area contributed by atoms with E-state index in [0.29, 0.717) is 13.1 Å². The number of ether oxygens (including phenoxy) is 1. The minimum Gasteiger partial charge on any atom is -0.444 e. The molecule has 1 heterocycles. The van der Waals surface area contributed by atoms with Gasteiger partial charge in [0, 0.05) is 18.4 Å². The molecule has 1 rings (SSSR count). The summed E-state index contributed by atoms with van der Waals surface area (Å²) in [5.41, 5.74) is 0.518. The van der Waals surface area contributed by atoms with Gasteiger partial charge in [-0.2, -0.15) is 0 Å². The van der Waals surface area contributed by atoms with Crippen LogP contribution in [0.3, 0.4) is 0 Å². The van der Waals surface area contributed by atoms with Gasteiger partial charge in [-0.05, 0) is 34.6 Å². The Labute approximate surface area is 102 Å². The van der Waals surface area contributed by atoms with E-state index in [1.807, 2.05) is 34.6 Å². The SMILES string of the molecule is CCN(Cc1ncc(C)[nH]1)C(=O)OC(C)(C)C. The van der Waals surface area contributed by atoms with Gasteiger partial charge in [0.25, 0.3) is 0 Å². The van der Waals surface area contributed by atoms with E-state index in [4.69, 9.17) is 4.74 Å². The van der Waals surface area contributed by atoms with Crippen LogP contribution in [0.2, 0.25) is 0 Å². The molecule has 0 bridgehead atoms. The van der Waals surface area contributed by atoms with Crippen LogP contribution in [-0.2, 0) is 11.3 Å². The van der Waals surface area contributed by atoms with Gasteiger partial charge in [-0.1, -0.05) is 0 Å². The summed E-state index contributed by atoms with van der Waals surface area (Å²) < 4.78 is 5.32. The first-order valence-electron chi connectivity index (χ1n) is 5.80. The van der Waals surface area contributed by atoms with E-state index >= 15 is 0 Å². The molecule has 0 atom stereocenters. The fourth-order valence-electron chi connectivity index (χ4n) is 1.36. The molecule has 0 spiro atoms. The van der Waals surface area contributed by atoms with E-state index < -0.39 is 5.60 Å². The van der Waals surface area contributed by atoms with E-state index in [1.165, 1.54) is 0 Å². The van der Waals surface area contributed by atoms with Crippen molar-refractivity contribution in [2.24, 2.45) is 0 Å². The van der Waals surface area contributed by atoms with Crippen molar-refractivity contribution in [1.29, 1.82) is 0 Å². The average molecular weight is 239 g/mol. The van der Waals surface area contributed by atoms with Gasteiger partial charge in [0.1, 0.15) is 11.4 Å². The highest BCUT2D eigenvalue weighted by molar-refractivity contribution is 5.67.